The van der Waals surface area contributed by atoms with Gasteiger partial charge in [-0.3, -0.25) is 0 Å². The Labute approximate surface area is 133 Å². The maximum atomic E-state index is 8.90. The normalized spacial score (nSPS) is 14.1. The molecule has 2 heteroatoms. The third-order valence-electron chi connectivity index (χ3n) is 4.66. The molecule has 0 aromatic rings. The van der Waals surface area contributed by atoms with Gasteiger partial charge < -0.3 is 4.90 Å². The van der Waals surface area contributed by atoms with Gasteiger partial charge in [0, 0.05) is 26.1 Å². The highest BCUT2D eigenvalue weighted by Crippen LogP contribution is 2.19. The molecule has 21 heavy (non-hydrogen) atoms. The highest BCUT2D eigenvalue weighted by molar-refractivity contribution is 4.76. The van der Waals surface area contributed by atoms with Crippen LogP contribution in [0.25, 0.3) is 0 Å². The Bertz CT molecular complexity index is 239. The standard InChI is InChI=1S/C19H38N2/c1-5-9-12-18(7-3)16-21(15-11-14-20)17-19(8-4)13-10-6-2/h18-19H,5-13,15-17H2,1-4H3. The maximum Gasteiger partial charge on any atom is 0.0635 e. The van der Waals surface area contributed by atoms with Crippen LogP contribution in [0.2, 0.25) is 0 Å². The molecule has 0 aliphatic rings. The fraction of sp³-hybridized carbons (Fsp3) is 0.947. The molecule has 0 aromatic heterocycles. The quantitative estimate of drug-likeness (QED) is 0.415. The van der Waals surface area contributed by atoms with E-state index in [1.54, 1.807) is 0 Å². The molecular formula is C19H38N2. The molecule has 0 amide bonds. The van der Waals surface area contributed by atoms with Crippen molar-refractivity contribution in [2.45, 2.75) is 85.5 Å². The molecule has 0 saturated carbocycles. The van der Waals surface area contributed by atoms with Gasteiger partial charge in [0.25, 0.3) is 0 Å². The topological polar surface area (TPSA) is 27.0 Å². The summed E-state index contributed by atoms with van der Waals surface area (Å²) in [5, 5.41) is 8.90. The van der Waals surface area contributed by atoms with Gasteiger partial charge in [0.15, 0.2) is 0 Å². The van der Waals surface area contributed by atoms with Gasteiger partial charge in [0.1, 0.15) is 0 Å². The van der Waals surface area contributed by atoms with Gasteiger partial charge in [0.2, 0.25) is 0 Å². The first kappa shape index (κ1) is 20.5. The Morgan fingerprint density at radius 3 is 1.67 bits per heavy atom. The van der Waals surface area contributed by atoms with Gasteiger partial charge in [-0.2, -0.15) is 5.26 Å². The van der Waals surface area contributed by atoms with E-state index in [0.29, 0.717) is 6.42 Å². The SMILES string of the molecule is CCCCC(CC)CN(CCC#N)CC(CC)CCCC. The second-order valence-electron chi connectivity index (χ2n) is 6.50. The molecule has 0 spiro atoms. The Morgan fingerprint density at radius 2 is 1.33 bits per heavy atom. The highest BCUT2D eigenvalue weighted by Gasteiger charge is 2.16. The van der Waals surface area contributed by atoms with E-state index >= 15 is 0 Å². The zero-order valence-corrected chi connectivity index (χ0v) is 15.0. The molecule has 0 heterocycles. The van der Waals surface area contributed by atoms with E-state index in [0.717, 1.165) is 18.4 Å². The number of unbranched alkanes of at least 4 members (excludes halogenated alkanes) is 2. The van der Waals surface area contributed by atoms with Crippen LogP contribution in [0.15, 0.2) is 0 Å². The summed E-state index contributed by atoms with van der Waals surface area (Å²) in [6.07, 6.45) is 11.2. The third-order valence-corrected chi connectivity index (χ3v) is 4.66. The molecule has 0 aromatic carbocycles. The number of nitrogens with zero attached hydrogens (tertiary/aromatic N) is 2. The lowest BCUT2D eigenvalue weighted by Crippen LogP contribution is -2.34. The summed E-state index contributed by atoms with van der Waals surface area (Å²) in [6.45, 7) is 12.5. The number of hydrogen-bond acceptors (Lipinski definition) is 2. The summed E-state index contributed by atoms with van der Waals surface area (Å²) in [6, 6.07) is 2.33. The van der Waals surface area contributed by atoms with Crippen molar-refractivity contribution in [2.24, 2.45) is 11.8 Å². The van der Waals surface area contributed by atoms with Crippen LogP contribution in [0, 0.1) is 23.2 Å². The van der Waals surface area contributed by atoms with Gasteiger partial charge in [-0.25, -0.2) is 0 Å². The lowest BCUT2D eigenvalue weighted by Gasteiger charge is -2.30. The van der Waals surface area contributed by atoms with Gasteiger partial charge in [0.05, 0.1) is 6.07 Å². The summed E-state index contributed by atoms with van der Waals surface area (Å²) >= 11 is 0. The van der Waals surface area contributed by atoms with Crippen molar-refractivity contribution in [3.05, 3.63) is 0 Å². The predicted octanol–water partition coefficient (Wildman–Crippen LogP) is 5.63. The molecule has 124 valence electrons. The average Bonchev–Trinajstić information content (AvgIpc) is 2.52. The van der Waals surface area contributed by atoms with E-state index in [-0.39, 0.29) is 0 Å². The van der Waals surface area contributed by atoms with Crippen LogP contribution in [0.1, 0.15) is 85.5 Å². The summed E-state index contributed by atoms with van der Waals surface area (Å²) in [7, 11) is 0. The smallest absolute Gasteiger partial charge is 0.0635 e. The van der Waals surface area contributed by atoms with E-state index in [1.165, 1.54) is 64.5 Å². The first-order valence-corrected chi connectivity index (χ1v) is 9.30. The van der Waals surface area contributed by atoms with E-state index < -0.39 is 0 Å². The van der Waals surface area contributed by atoms with Crippen LogP contribution in [0.4, 0.5) is 0 Å². The van der Waals surface area contributed by atoms with Crippen molar-refractivity contribution < 1.29 is 0 Å². The average molecular weight is 295 g/mol. The van der Waals surface area contributed by atoms with E-state index in [2.05, 4.69) is 38.7 Å². The molecule has 0 aliphatic heterocycles. The van der Waals surface area contributed by atoms with Crippen molar-refractivity contribution in [1.29, 1.82) is 5.26 Å². The lowest BCUT2D eigenvalue weighted by atomic mass is 9.95. The zero-order chi connectivity index (χ0) is 15.9. The van der Waals surface area contributed by atoms with Gasteiger partial charge in [-0.05, 0) is 24.7 Å². The molecule has 0 rings (SSSR count). The second kappa shape index (κ2) is 14.4. The fourth-order valence-corrected chi connectivity index (χ4v) is 3.03. The van der Waals surface area contributed by atoms with Gasteiger partial charge >= 0.3 is 0 Å². The van der Waals surface area contributed by atoms with Gasteiger partial charge in [-0.1, -0.05) is 66.2 Å². The number of hydrogen-bond donors (Lipinski definition) is 0. The van der Waals surface area contributed by atoms with Crippen molar-refractivity contribution in [2.75, 3.05) is 19.6 Å². The third kappa shape index (κ3) is 10.8. The monoisotopic (exact) mass is 294 g/mol. The largest absolute Gasteiger partial charge is 0.302 e. The Balaban J connectivity index is 4.42. The van der Waals surface area contributed by atoms with E-state index in [1.807, 2.05) is 0 Å². The molecule has 0 N–H and O–H groups in total. The number of nitriles is 1. The molecule has 2 unspecified atom stereocenters. The van der Waals surface area contributed by atoms with Crippen molar-refractivity contribution in [1.82, 2.24) is 4.90 Å². The Hall–Kier alpha value is -0.550. The Kier molecular flexibility index (Phi) is 14.0. The fourth-order valence-electron chi connectivity index (χ4n) is 3.03. The summed E-state index contributed by atoms with van der Waals surface area (Å²) in [5.41, 5.74) is 0. The van der Waals surface area contributed by atoms with Crippen molar-refractivity contribution in [3.8, 4) is 6.07 Å². The van der Waals surface area contributed by atoms with Crippen LogP contribution in [0.5, 0.6) is 0 Å². The van der Waals surface area contributed by atoms with Crippen LogP contribution in [-0.2, 0) is 0 Å². The van der Waals surface area contributed by atoms with Gasteiger partial charge in [-0.15, -0.1) is 0 Å². The molecule has 0 aliphatic carbocycles. The van der Waals surface area contributed by atoms with E-state index in [4.69, 9.17) is 5.26 Å². The summed E-state index contributed by atoms with van der Waals surface area (Å²) in [4.78, 5) is 2.58. The summed E-state index contributed by atoms with van der Waals surface area (Å²) in [5.74, 6) is 1.62. The molecule has 2 atom stereocenters. The molecule has 2 nitrogen and oxygen atoms in total. The Morgan fingerprint density at radius 1 is 0.857 bits per heavy atom. The molecular weight excluding hydrogens is 256 g/mol. The second-order valence-corrected chi connectivity index (χ2v) is 6.50. The first-order valence-electron chi connectivity index (χ1n) is 9.30. The van der Waals surface area contributed by atoms with E-state index in [9.17, 15) is 0 Å². The zero-order valence-electron chi connectivity index (χ0n) is 15.0. The summed E-state index contributed by atoms with van der Waals surface area (Å²) < 4.78 is 0. The number of rotatable bonds is 14. The first-order chi connectivity index (χ1) is 10.2. The van der Waals surface area contributed by atoms with Crippen LogP contribution < -0.4 is 0 Å². The van der Waals surface area contributed by atoms with Crippen LogP contribution in [0.3, 0.4) is 0 Å². The van der Waals surface area contributed by atoms with Crippen LogP contribution >= 0.6 is 0 Å². The molecule has 0 bridgehead atoms. The molecule has 0 radical (unpaired) electrons. The lowest BCUT2D eigenvalue weighted by molar-refractivity contribution is 0.184. The minimum Gasteiger partial charge on any atom is -0.302 e. The minimum absolute atomic E-state index is 0.675. The molecule has 0 saturated heterocycles. The van der Waals surface area contributed by atoms with Crippen molar-refractivity contribution >= 4 is 0 Å². The predicted molar refractivity (Wildman–Crippen MR) is 93.3 cm³/mol. The minimum atomic E-state index is 0.675. The molecule has 0 fully saturated rings. The van der Waals surface area contributed by atoms with Crippen LogP contribution in [-0.4, -0.2) is 24.5 Å². The highest BCUT2D eigenvalue weighted by atomic mass is 15.1. The maximum absolute atomic E-state index is 8.90. The van der Waals surface area contributed by atoms with Crippen molar-refractivity contribution in [3.63, 3.8) is 0 Å².